The molecule has 0 saturated heterocycles. The SMILES string of the molecule is COc1ccc(CC(=O)N(CCC#N)CCc2ccccc2)cc1. The Morgan fingerprint density at radius 3 is 2.38 bits per heavy atom. The van der Waals surface area contributed by atoms with E-state index in [1.54, 1.807) is 12.0 Å². The van der Waals surface area contributed by atoms with Crippen LogP contribution in [-0.4, -0.2) is 31.0 Å². The predicted molar refractivity (Wildman–Crippen MR) is 93.7 cm³/mol. The van der Waals surface area contributed by atoms with Crippen LogP contribution < -0.4 is 4.74 Å². The lowest BCUT2D eigenvalue weighted by Crippen LogP contribution is -2.34. The normalized spacial score (nSPS) is 10.0. The van der Waals surface area contributed by atoms with Crippen LogP contribution in [0.25, 0.3) is 0 Å². The first-order chi connectivity index (χ1) is 11.7. The average molecular weight is 322 g/mol. The standard InChI is InChI=1S/C20H22N2O2/c1-24-19-10-8-18(9-11-19)16-20(23)22(14-5-13-21)15-12-17-6-3-2-4-7-17/h2-4,6-11H,5,12,14-16H2,1H3. The van der Waals surface area contributed by atoms with Crippen molar-refractivity contribution in [2.75, 3.05) is 20.2 Å². The maximum Gasteiger partial charge on any atom is 0.227 e. The lowest BCUT2D eigenvalue weighted by atomic mass is 10.1. The number of carbonyl (C=O) groups is 1. The zero-order valence-electron chi connectivity index (χ0n) is 13.9. The molecule has 0 atom stereocenters. The Hall–Kier alpha value is -2.80. The van der Waals surface area contributed by atoms with Crippen molar-refractivity contribution < 1.29 is 9.53 Å². The summed E-state index contributed by atoms with van der Waals surface area (Å²) in [7, 11) is 1.62. The Kier molecular flexibility index (Phi) is 6.85. The third-order valence-corrected chi connectivity index (χ3v) is 3.87. The van der Waals surface area contributed by atoms with E-state index in [-0.39, 0.29) is 5.91 Å². The quantitative estimate of drug-likeness (QED) is 0.750. The molecule has 0 fully saturated rings. The molecule has 0 aliphatic heterocycles. The van der Waals surface area contributed by atoms with Gasteiger partial charge in [-0.25, -0.2) is 0 Å². The highest BCUT2D eigenvalue weighted by Gasteiger charge is 2.14. The third-order valence-electron chi connectivity index (χ3n) is 3.87. The molecule has 0 N–H and O–H groups in total. The molecule has 0 saturated carbocycles. The van der Waals surface area contributed by atoms with Crippen LogP contribution in [0.4, 0.5) is 0 Å². The molecule has 2 aromatic carbocycles. The van der Waals surface area contributed by atoms with Crippen LogP contribution in [-0.2, 0) is 17.6 Å². The lowest BCUT2D eigenvalue weighted by molar-refractivity contribution is -0.130. The van der Waals surface area contributed by atoms with Crippen LogP contribution in [0.5, 0.6) is 5.75 Å². The molecule has 0 aliphatic carbocycles. The molecule has 0 unspecified atom stereocenters. The van der Waals surface area contributed by atoms with E-state index in [0.717, 1.165) is 17.7 Å². The molecular formula is C20H22N2O2. The number of ether oxygens (including phenoxy) is 1. The summed E-state index contributed by atoms with van der Waals surface area (Å²) >= 11 is 0. The molecule has 2 rings (SSSR count). The molecule has 0 aromatic heterocycles. The maximum atomic E-state index is 12.6. The first kappa shape index (κ1) is 17.6. The zero-order valence-corrected chi connectivity index (χ0v) is 13.9. The monoisotopic (exact) mass is 322 g/mol. The molecule has 1 amide bonds. The summed E-state index contributed by atoms with van der Waals surface area (Å²) in [6, 6.07) is 19.7. The summed E-state index contributed by atoms with van der Waals surface area (Å²) < 4.78 is 5.13. The fraction of sp³-hybridized carbons (Fsp3) is 0.300. The van der Waals surface area contributed by atoms with Gasteiger partial charge in [0.25, 0.3) is 0 Å². The van der Waals surface area contributed by atoms with E-state index < -0.39 is 0 Å². The molecule has 4 heteroatoms. The van der Waals surface area contributed by atoms with E-state index in [1.807, 2.05) is 42.5 Å². The van der Waals surface area contributed by atoms with Crippen LogP contribution >= 0.6 is 0 Å². The fourth-order valence-corrected chi connectivity index (χ4v) is 2.48. The van der Waals surface area contributed by atoms with Gasteiger partial charge < -0.3 is 9.64 Å². The largest absolute Gasteiger partial charge is 0.497 e. The molecule has 0 spiro atoms. The summed E-state index contributed by atoms with van der Waals surface area (Å²) in [6.45, 7) is 1.10. The first-order valence-corrected chi connectivity index (χ1v) is 8.04. The van der Waals surface area contributed by atoms with Crippen LogP contribution in [0.15, 0.2) is 54.6 Å². The van der Waals surface area contributed by atoms with Gasteiger partial charge in [0.05, 0.1) is 26.0 Å². The van der Waals surface area contributed by atoms with Gasteiger partial charge in [-0.2, -0.15) is 5.26 Å². The Balaban J connectivity index is 1.97. The van der Waals surface area contributed by atoms with Crippen molar-refractivity contribution in [3.05, 3.63) is 65.7 Å². The highest BCUT2D eigenvalue weighted by molar-refractivity contribution is 5.78. The number of rotatable bonds is 8. The molecule has 2 aromatic rings. The van der Waals surface area contributed by atoms with Gasteiger partial charge in [-0.15, -0.1) is 0 Å². The minimum absolute atomic E-state index is 0.0475. The summed E-state index contributed by atoms with van der Waals surface area (Å²) in [6.07, 6.45) is 1.48. The summed E-state index contributed by atoms with van der Waals surface area (Å²) in [5.41, 5.74) is 2.14. The van der Waals surface area contributed by atoms with E-state index in [2.05, 4.69) is 18.2 Å². The van der Waals surface area contributed by atoms with Gasteiger partial charge >= 0.3 is 0 Å². The van der Waals surface area contributed by atoms with Gasteiger partial charge in [0, 0.05) is 13.1 Å². The van der Waals surface area contributed by atoms with Crippen LogP contribution in [0, 0.1) is 11.3 Å². The highest BCUT2D eigenvalue weighted by atomic mass is 16.5. The first-order valence-electron chi connectivity index (χ1n) is 8.04. The van der Waals surface area contributed by atoms with Gasteiger partial charge in [0.1, 0.15) is 5.75 Å². The number of nitrogens with zero attached hydrogens (tertiary/aromatic N) is 2. The number of hydrogen-bond donors (Lipinski definition) is 0. The number of nitriles is 1. The molecule has 4 nitrogen and oxygen atoms in total. The molecule has 24 heavy (non-hydrogen) atoms. The summed E-state index contributed by atoms with van der Waals surface area (Å²) in [5.74, 6) is 0.822. The van der Waals surface area contributed by atoms with Crippen molar-refractivity contribution in [1.29, 1.82) is 5.26 Å². The number of amides is 1. The lowest BCUT2D eigenvalue weighted by Gasteiger charge is -2.22. The van der Waals surface area contributed by atoms with Crippen molar-refractivity contribution in [1.82, 2.24) is 4.90 Å². The summed E-state index contributed by atoms with van der Waals surface area (Å²) in [4.78, 5) is 14.4. The van der Waals surface area contributed by atoms with Crippen molar-refractivity contribution in [2.24, 2.45) is 0 Å². The Bertz CT molecular complexity index is 675. The number of carbonyl (C=O) groups excluding carboxylic acids is 1. The topological polar surface area (TPSA) is 53.3 Å². The summed E-state index contributed by atoms with van der Waals surface area (Å²) in [5, 5.41) is 8.83. The van der Waals surface area contributed by atoms with E-state index >= 15 is 0 Å². The smallest absolute Gasteiger partial charge is 0.227 e. The second-order valence-electron chi connectivity index (χ2n) is 5.55. The molecule has 0 heterocycles. The van der Waals surface area contributed by atoms with Crippen LogP contribution in [0.1, 0.15) is 17.5 Å². The minimum Gasteiger partial charge on any atom is -0.497 e. The second-order valence-corrected chi connectivity index (χ2v) is 5.55. The minimum atomic E-state index is 0.0475. The van der Waals surface area contributed by atoms with Gasteiger partial charge in [-0.3, -0.25) is 4.79 Å². The predicted octanol–water partition coefficient (Wildman–Crippen LogP) is 3.22. The Morgan fingerprint density at radius 2 is 1.75 bits per heavy atom. The fourth-order valence-electron chi connectivity index (χ4n) is 2.48. The van der Waals surface area contributed by atoms with Crippen molar-refractivity contribution in [2.45, 2.75) is 19.3 Å². The maximum absolute atomic E-state index is 12.6. The van der Waals surface area contributed by atoms with Crippen LogP contribution in [0.2, 0.25) is 0 Å². The second kappa shape index (κ2) is 9.36. The van der Waals surface area contributed by atoms with Gasteiger partial charge in [-0.1, -0.05) is 42.5 Å². The number of benzene rings is 2. The van der Waals surface area contributed by atoms with Crippen molar-refractivity contribution in [3.8, 4) is 11.8 Å². The molecule has 0 aliphatic rings. The molecular weight excluding hydrogens is 300 g/mol. The van der Waals surface area contributed by atoms with Crippen molar-refractivity contribution >= 4 is 5.91 Å². The van der Waals surface area contributed by atoms with E-state index in [1.165, 1.54) is 5.56 Å². The average Bonchev–Trinajstić information content (AvgIpc) is 2.63. The van der Waals surface area contributed by atoms with Gasteiger partial charge in [-0.05, 0) is 29.7 Å². The van der Waals surface area contributed by atoms with E-state index in [9.17, 15) is 4.79 Å². The molecule has 124 valence electrons. The van der Waals surface area contributed by atoms with E-state index in [0.29, 0.717) is 25.9 Å². The van der Waals surface area contributed by atoms with Crippen LogP contribution in [0.3, 0.4) is 0 Å². The zero-order chi connectivity index (χ0) is 17.2. The molecule has 0 bridgehead atoms. The van der Waals surface area contributed by atoms with E-state index in [4.69, 9.17) is 10.00 Å². The third kappa shape index (κ3) is 5.44. The van der Waals surface area contributed by atoms with Gasteiger partial charge in [0.15, 0.2) is 0 Å². The highest BCUT2D eigenvalue weighted by Crippen LogP contribution is 2.13. The molecule has 0 radical (unpaired) electrons. The Morgan fingerprint density at radius 1 is 1.04 bits per heavy atom. The number of hydrogen-bond acceptors (Lipinski definition) is 3. The van der Waals surface area contributed by atoms with Crippen molar-refractivity contribution in [3.63, 3.8) is 0 Å². The van der Waals surface area contributed by atoms with Gasteiger partial charge in [0.2, 0.25) is 5.91 Å². The number of methoxy groups -OCH3 is 1. The Labute approximate surface area is 143 Å².